The van der Waals surface area contributed by atoms with Gasteiger partial charge in [0.1, 0.15) is 17.4 Å². The molecule has 1 aromatic carbocycles. The summed E-state index contributed by atoms with van der Waals surface area (Å²) in [5, 5.41) is 30.8. The first kappa shape index (κ1) is 14.8. The Morgan fingerprint density at radius 1 is 1.47 bits per heavy atom. The number of nitrogens with zero attached hydrogens (tertiary/aromatic N) is 1. The molecule has 0 heterocycles. The number of carboxylic acid groups (broad SMARTS) is 1. The van der Waals surface area contributed by atoms with E-state index in [1.165, 1.54) is 12.1 Å². The van der Waals surface area contributed by atoms with Crippen molar-refractivity contribution in [3.63, 3.8) is 0 Å². The van der Waals surface area contributed by atoms with E-state index in [0.717, 1.165) is 6.07 Å². The standard InChI is InChI=1S/C10H10F2N2O5/c11-9(12)7(15)4-13-6-3-1-2-5(10(16)17)8(6)14(18)19/h1-3,7,9,13,15H,4H2,(H,16,17). The molecule has 0 aliphatic heterocycles. The average molecular weight is 276 g/mol. The molecule has 0 aliphatic carbocycles. The van der Waals surface area contributed by atoms with Gasteiger partial charge in [-0.15, -0.1) is 0 Å². The van der Waals surface area contributed by atoms with Crippen LogP contribution in [-0.4, -0.2) is 40.2 Å². The van der Waals surface area contributed by atoms with Crippen LogP contribution in [0.5, 0.6) is 0 Å². The molecule has 0 saturated heterocycles. The monoisotopic (exact) mass is 276 g/mol. The lowest BCUT2D eigenvalue weighted by molar-refractivity contribution is -0.384. The first-order valence-electron chi connectivity index (χ1n) is 5.05. The number of hydrogen-bond donors (Lipinski definition) is 3. The van der Waals surface area contributed by atoms with E-state index in [-0.39, 0.29) is 5.69 Å². The van der Waals surface area contributed by atoms with Gasteiger partial charge in [0.2, 0.25) is 0 Å². The largest absolute Gasteiger partial charge is 0.477 e. The van der Waals surface area contributed by atoms with Crippen LogP contribution < -0.4 is 5.32 Å². The molecule has 0 aromatic heterocycles. The highest BCUT2D eigenvalue weighted by atomic mass is 19.3. The third-order valence-corrected chi connectivity index (χ3v) is 2.24. The van der Waals surface area contributed by atoms with Gasteiger partial charge in [-0.05, 0) is 12.1 Å². The first-order valence-corrected chi connectivity index (χ1v) is 5.05. The predicted molar refractivity (Wildman–Crippen MR) is 60.6 cm³/mol. The van der Waals surface area contributed by atoms with E-state index >= 15 is 0 Å². The second kappa shape index (κ2) is 6.05. The van der Waals surface area contributed by atoms with E-state index in [9.17, 15) is 23.7 Å². The third-order valence-electron chi connectivity index (χ3n) is 2.24. The van der Waals surface area contributed by atoms with Crippen molar-refractivity contribution in [3.8, 4) is 0 Å². The van der Waals surface area contributed by atoms with Crippen LogP contribution >= 0.6 is 0 Å². The van der Waals surface area contributed by atoms with Crippen LogP contribution in [0.2, 0.25) is 0 Å². The summed E-state index contributed by atoms with van der Waals surface area (Å²) in [5.74, 6) is -1.51. The molecule has 1 aromatic rings. The molecule has 1 atom stereocenters. The quantitative estimate of drug-likeness (QED) is 0.533. The second-order valence-corrected chi connectivity index (χ2v) is 3.55. The molecular formula is C10H10F2N2O5. The molecule has 19 heavy (non-hydrogen) atoms. The van der Waals surface area contributed by atoms with Crippen molar-refractivity contribution in [2.45, 2.75) is 12.5 Å². The van der Waals surface area contributed by atoms with Gasteiger partial charge in [0.05, 0.1) is 4.92 Å². The van der Waals surface area contributed by atoms with Crippen molar-refractivity contribution in [2.75, 3.05) is 11.9 Å². The van der Waals surface area contributed by atoms with Gasteiger partial charge in [-0.2, -0.15) is 0 Å². The summed E-state index contributed by atoms with van der Waals surface area (Å²) in [6, 6.07) is 3.42. The summed E-state index contributed by atoms with van der Waals surface area (Å²) in [6.07, 6.45) is -5.01. The molecule has 104 valence electrons. The minimum Gasteiger partial charge on any atom is -0.477 e. The number of rotatable bonds is 6. The number of carbonyl (C=O) groups is 1. The van der Waals surface area contributed by atoms with Gasteiger partial charge >= 0.3 is 11.7 Å². The van der Waals surface area contributed by atoms with Crippen molar-refractivity contribution in [3.05, 3.63) is 33.9 Å². The zero-order valence-electron chi connectivity index (χ0n) is 9.42. The van der Waals surface area contributed by atoms with Crippen LogP contribution in [0.3, 0.4) is 0 Å². The van der Waals surface area contributed by atoms with E-state index in [2.05, 4.69) is 5.32 Å². The van der Waals surface area contributed by atoms with Crippen LogP contribution in [-0.2, 0) is 0 Å². The summed E-state index contributed by atoms with van der Waals surface area (Å²) in [7, 11) is 0. The van der Waals surface area contributed by atoms with Crippen molar-refractivity contribution in [1.82, 2.24) is 0 Å². The lowest BCUT2D eigenvalue weighted by Gasteiger charge is -2.12. The second-order valence-electron chi connectivity index (χ2n) is 3.55. The molecule has 0 amide bonds. The molecule has 1 rings (SSSR count). The Balaban J connectivity index is 3.04. The molecule has 1 unspecified atom stereocenters. The Hall–Kier alpha value is -2.29. The first-order chi connectivity index (χ1) is 8.84. The molecule has 7 nitrogen and oxygen atoms in total. The molecule has 9 heteroatoms. The van der Waals surface area contributed by atoms with E-state index in [1.807, 2.05) is 0 Å². The molecule has 0 radical (unpaired) electrons. The summed E-state index contributed by atoms with van der Waals surface area (Å²) >= 11 is 0. The maximum absolute atomic E-state index is 12.1. The van der Waals surface area contributed by atoms with Crippen LogP contribution in [0.25, 0.3) is 0 Å². The van der Waals surface area contributed by atoms with E-state index in [1.54, 1.807) is 0 Å². The predicted octanol–water partition coefficient (Wildman–Crippen LogP) is 1.33. The van der Waals surface area contributed by atoms with Crippen LogP contribution in [0, 0.1) is 10.1 Å². The average Bonchev–Trinajstić information content (AvgIpc) is 2.34. The van der Waals surface area contributed by atoms with Gasteiger partial charge in [-0.1, -0.05) is 6.07 Å². The fraction of sp³-hybridized carbons (Fsp3) is 0.300. The number of benzene rings is 1. The Labute approximate surface area is 105 Å². The highest BCUT2D eigenvalue weighted by Crippen LogP contribution is 2.28. The number of anilines is 1. The lowest BCUT2D eigenvalue weighted by Crippen LogP contribution is -2.27. The topological polar surface area (TPSA) is 113 Å². The third kappa shape index (κ3) is 3.58. The fourth-order valence-corrected chi connectivity index (χ4v) is 1.36. The fourth-order valence-electron chi connectivity index (χ4n) is 1.36. The number of aromatic carboxylic acids is 1. The van der Waals surface area contributed by atoms with Gasteiger partial charge < -0.3 is 15.5 Å². The van der Waals surface area contributed by atoms with Crippen molar-refractivity contribution >= 4 is 17.3 Å². The normalized spacial score (nSPS) is 12.2. The number of nitro groups is 1. The Morgan fingerprint density at radius 3 is 2.58 bits per heavy atom. The van der Waals surface area contributed by atoms with Gasteiger partial charge in [-0.3, -0.25) is 10.1 Å². The number of alkyl halides is 2. The van der Waals surface area contributed by atoms with E-state index in [4.69, 9.17) is 10.2 Å². The molecule has 0 saturated carbocycles. The summed E-state index contributed by atoms with van der Waals surface area (Å²) < 4.78 is 24.2. The van der Waals surface area contributed by atoms with E-state index in [0.29, 0.717) is 0 Å². The molecule has 0 aliphatic rings. The number of para-hydroxylation sites is 1. The van der Waals surface area contributed by atoms with Crippen LogP contribution in [0.15, 0.2) is 18.2 Å². The van der Waals surface area contributed by atoms with E-state index < -0.39 is 41.2 Å². The zero-order chi connectivity index (χ0) is 14.6. The maximum Gasteiger partial charge on any atom is 0.342 e. The number of aliphatic hydroxyl groups is 1. The number of halogens is 2. The Kier molecular flexibility index (Phi) is 4.70. The van der Waals surface area contributed by atoms with Gasteiger partial charge in [-0.25, -0.2) is 13.6 Å². The van der Waals surface area contributed by atoms with Gasteiger partial charge in [0, 0.05) is 6.54 Å². The number of nitrogens with one attached hydrogen (secondary N) is 1. The van der Waals surface area contributed by atoms with Crippen molar-refractivity contribution < 1.29 is 28.7 Å². The maximum atomic E-state index is 12.1. The molecule has 0 fully saturated rings. The van der Waals surface area contributed by atoms with Crippen LogP contribution in [0.4, 0.5) is 20.2 Å². The number of aliphatic hydroxyl groups excluding tert-OH is 1. The number of nitro benzene ring substituents is 1. The number of hydrogen-bond acceptors (Lipinski definition) is 5. The Bertz CT molecular complexity index is 495. The molecular weight excluding hydrogens is 266 g/mol. The Morgan fingerprint density at radius 2 is 2.11 bits per heavy atom. The number of carboxylic acids is 1. The van der Waals surface area contributed by atoms with Crippen molar-refractivity contribution in [2.24, 2.45) is 0 Å². The highest BCUT2D eigenvalue weighted by Gasteiger charge is 2.25. The summed E-state index contributed by atoms with van der Waals surface area (Å²) in [6.45, 7) is -0.637. The molecule has 0 bridgehead atoms. The van der Waals surface area contributed by atoms with Crippen LogP contribution in [0.1, 0.15) is 10.4 Å². The van der Waals surface area contributed by atoms with Gasteiger partial charge in [0.15, 0.2) is 0 Å². The van der Waals surface area contributed by atoms with Crippen molar-refractivity contribution in [1.29, 1.82) is 0 Å². The lowest BCUT2D eigenvalue weighted by atomic mass is 10.1. The molecule has 3 N–H and O–H groups in total. The zero-order valence-corrected chi connectivity index (χ0v) is 9.42. The SMILES string of the molecule is O=C(O)c1cccc(NCC(O)C(F)F)c1[N+](=O)[O-]. The smallest absolute Gasteiger partial charge is 0.342 e. The highest BCUT2D eigenvalue weighted by molar-refractivity contribution is 5.95. The van der Waals surface area contributed by atoms with Gasteiger partial charge in [0.25, 0.3) is 6.43 Å². The summed E-state index contributed by atoms with van der Waals surface area (Å²) in [4.78, 5) is 20.7. The molecule has 0 spiro atoms. The minimum absolute atomic E-state index is 0.246. The summed E-state index contributed by atoms with van der Waals surface area (Å²) in [5.41, 5.74) is -1.55. The minimum atomic E-state index is -3.01.